The van der Waals surface area contributed by atoms with Crippen LogP contribution in [0.4, 0.5) is 0 Å². The highest BCUT2D eigenvalue weighted by Gasteiger charge is 2.17. The standard InChI is InChI=1S/C30H60N2/c1-2-6-10-14-18-22-26-30(27-23-19-15-11-7-3-1)32-29-25-21-17-13-9-5-4-8-12-16-20-24-28-31-32/h30-31H,1-29H2. The van der Waals surface area contributed by atoms with Crippen LogP contribution in [-0.4, -0.2) is 24.1 Å². The fraction of sp³-hybridized carbons (Fsp3) is 1.00. The summed E-state index contributed by atoms with van der Waals surface area (Å²) in [7, 11) is 0. The molecule has 2 aliphatic rings. The number of rotatable bonds is 1. The minimum Gasteiger partial charge on any atom is -0.255 e. The largest absolute Gasteiger partial charge is 0.255 e. The van der Waals surface area contributed by atoms with Gasteiger partial charge in [-0.3, -0.25) is 5.43 Å². The summed E-state index contributed by atoms with van der Waals surface area (Å²) in [5, 5.41) is 2.75. The lowest BCUT2D eigenvalue weighted by Gasteiger charge is -2.33. The van der Waals surface area contributed by atoms with E-state index in [0.717, 1.165) is 6.04 Å². The number of nitrogens with one attached hydrogen (secondary N) is 1. The van der Waals surface area contributed by atoms with Crippen LogP contribution in [0.3, 0.4) is 0 Å². The predicted octanol–water partition coefficient (Wildman–Crippen LogP) is 9.72. The van der Waals surface area contributed by atoms with Crippen LogP contribution in [-0.2, 0) is 0 Å². The van der Waals surface area contributed by atoms with Crippen LogP contribution in [0.5, 0.6) is 0 Å². The van der Waals surface area contributed by atoms with Gasteiger partial charge in [0.15, 0.2) is 0 Å². The average Bonchev–Trinajstić information content (AvgIpc) is 2.79. The van der Waals surface area contributed by atoms with Crippen molar-refractivity contribution in [2.75, 3.05) is 13.1 Å². The van der Waals surface area contributed by atoms with E-state index < -0.39 is 0 Å². The smallest absolute Gasteiger partial charge is 0.0243 e. The van der Waals surface area contributed by atoms with Gasteiger partial charge in [0.05, 0.1) is 0 Å². The summed E-state index contributed by atoms with van der Waals surface area (Å²) in [5.41, 5.74) is 3.96. The van der Waals surface area contributed by atoms with E-state index in [0.29, 0.717) is 0 Å². The molecule has 1 saturated heterocycles. The van der Waals surface area contributed by atoms with E-state index in [4.69, 9.17) is 0 Å². The van der Waals surface area contributed by atoms with Crippen molar-refractivity contribution in [1.29, 1.82) is 0 Å². The van der Waals surface area contributed by atoms with Gasteiger partial charge in [-0.15, -0.1) is 0 Å². The first kappa shape index (κ1) is 28.2. The lowest BCUT2D eigenvalue weighted by atomic mass is 9.98. The van der Waals surface area contributed by atoms with Gasteiger partial charge in [-0.25, -0.2) is 5.01 Å². The van der Waals surface area contributed by atoms with Crippen molar-refractivity contribution in [3.8, 4) is 0 Å². The molecule has 190 valence electrons. The molecule has 32 heavy (non-hydrogen) atoms. The van der Waals surface area contributed by atoms with Gasteiger partial charge < -0.3 is 0 Å². The molecule has 0 radical (unpaired) electrons. The van der Waals surface area contributed by atoms with E-state index in [2.05, 4.69) is 10.4 Å². The fourth-order valence-corrected chi connectivity index (χ4v) is 5.95. The topological polar surface area (TPSA) is 15.3 Å². The quantitative estimate of drug-likeness (QED) is 0.429. The van der Waals surface area contributed by atoms with E-state index in [-0.39, 0.29) is 0 Å². The third-order valence-electron chi connectivity index (χ3n) is 8.16. The van der Waals surface area contributed by atoms with Crippen LogP contribution in [0, 0.1) is 0 Å². The summed E-state index contributed by atoms with van der Waals surface area (Å²) in [6.45, 7) is 2.49. The highest BCUT2D eigenvalue weighted by molar-refractivity contribution is 4.71. The number of hydrogen-bond donors (Lipinski definition) is 1. The minimum absolute atomic E-state index is 0.779. The molecule has 1 saturated carbocycles. The Bertz CT molecular complexity index is 315. The van der Waals surface area contributed by atoms with Crippen LogP contribution in [0.25, 0.3) is 0 Å². The molecule has 0 aromatic rings. The summed E-state index contributed by atoms with van der Waals surface area (Å²) in [6, 6.07) is 0.779. The summed E-state index contributed by atoms with van der Waals surface area (Å²) in [5.74, 6) is 0. The van der Waals surface area contributed by atoms with E-state index in [1.165, 1.54) is 186 Å². The molecule has 0 aromatic heterocycles. The van der Waals surface area contributed by atoms with Gasteiger partial charge in [0.2, 0.25) is 0 Å². The van der Waals surface area contributed by atoms with Gasteiger partial charge in [0, 0.05) is 19.1 Å². The minimum atomic E-state index is 0.779. The second-order valence-electron chi connectivity index (χ2n) is 11.2. The van der Waals surface area contributed by atoms with Crippen molar-refractivity contribution >= 4 is 0 Å². The Morgan fingerprint density at radius 2 is 0.656 bits per heavy atom. The van der Waals surface area contributed by atoms with Gasteiger partial charge in [-0.1, -0.05) is 148 Å². The van der Waals surface area contributed by atoms with E-state index in [1.54, 1.807) is 0 Å². The molecular formula is C30H60N2. The Morgan fingerprint density at radius 3 is 1.06 bits per heavy atom. The molecule has 1 aliphatic carbocycles. The Morgan fingerprint density at radius 1 is 0.344 bits per heavy atom. The normalized spacial score (nSPS) is 25.9. The molecule has 2 nitrogen and oxygen atoms in total. The zero-order valence-corrected chi connectivity index (χ0v) is 22.0. The molecule has 2 fully saturated rings. The highest BCUT2D eigenvalue weighted by atomic mass is 15.5. The molecule has 2 rings (SSSR count). The van der Waals surface area contributed by atoms with Gasteiger partial charge in [0.25, 0.3) is 0 Å². The molecule has 0 bridgehead atoms. The van der Waals surface area contributed by atoms with Crippen molar-refractivity contribution in [3.63, 3.8) is 0 Å². The average molecular weight is 449 g/mol. The predicted molar refractivity (Wildman–Crippen MR) is 143 cm³/mol. The lowest BCUT2D eigenvalue weighted by Crippen LogP contribution is -2.46. The summed E-state index contributed by atoms with van der Waals surface area (Å²) in [6.07, 6.45) is 39.4. The Labute approximate surface area is 203 Å². The number of hydrazine groups is 1. The molecule has 0 spiro atoms. The first-order valence-corrected chi connectivity index (χ1v) is 15.5. The maximum absolute atomic E-state index is 3.96. The summed E-state index contributed by atoms with van der Waals surface area (Å²) < 4.78 is 0. The molecule has 1 heterocycles. The first-order chi connectivity index (χ1) is 16.0. The number of hydrogen-bond acceptors (Lipinski definition) is 2. The number of nitrogens with zero attached hydrogens (tertiary/aromatic N) is 1. The van der Waals surface area contributed by atoms with Gasteiger partial charge in [-0.2, -0.15) is 0 Å². The molecular weight excluding hydrogens is 388 g/mol. The third kappa shape index (κ3) is 15.7. The third-order valence-corrected chi connectivity index (χ3v) is 8.16. The Balaban J connectivity index is 1.83. The molecule has 0 amide bonds. The molecule has 1 N–H and O–H groups in total. The van der Waals surface area contributed by atoms with Crippen molar-refractivity contribution < 1.29 is 0 Å². The SMILES string of the molecule is C1CCCCCCCC(N2CCCCCCCCCCCCCCN2)CCCCCCC1. The highest BCUT2D eigenvalue weighted by Crippen LogP contribution is 2.21. The van der Waals surface area contributed by atoms with Crippen LogP contribution >= 0.6 is 0 Å². The zero-order valence-electron chi connectivity index (χ0n) is 22.0. The second-order valence-corrected chi connectivity index (χ2v) is 11.2. The molecule has 0 unspecified atom stereocenters. The monoisotopic (exact) mass is 448 g/mol. The fourth-order valence-electron chi connectivity index (χ4n) is 5.95. The van der Waals surface area contributed by atoms with Crippen molar-refractivity contribution in [1.82, 2.24) is 10.4 Å². The van der Waals surface area contributed by atoms with Crippen LogP contribution in [0.1, 0.15) is 173 Å². The Kier molecular flexibility index (Phi) is 18.9. The summed E-state index contributed by atoms with van der Waals surface area (Å²) in [4.78, 5) is 0. The van der Waals surface area contributed by atoms with Crippen molar-refractivity contribution in [3.05, 3.63) is 0 Å². The maximum atomic E-state index is 3.96. The van der Waals surface area contributed by atoms with Gasteiger partial charge >= 0.3 is 0 Å². The van der Waals surface area contributed by atoms with E-state index in [9.17, 15) is 0 Å². The van der Waals surface area contributed by atoms with Gasteiger partial charge in [-0.05, 0) is 25.7 Å². The second kappa shape index (κ2) is 21.5. The first-order valence-electron chi connectivity index (χ1n) is 15.5. The zero-order chi connectivity index (χ0) is 22.4. The Hall–Kier alpha value is -0.0800. The summed E-state index contributed by atoms with van der Waals surface area (Å²) >= 11 is 0. The van der Waals surface area contributed by atoms with E-state index in [1.807, 2.05) is 0 Å². The molecule has 2 heteroatoms. The van der Waals surface area contributed by atoms with Gasteiger partial charge in [0.1, 0.15) is 0 Å². The van der Waals surface area contributed by atoms with Crippen LogP contribution in [0.15, 0.2) is 0 Å². The molecule has 0 aromatic carbocycles. The van der Waals surface area contributed by atoms with Crippen molar-refractivity contribution in [2.24, 2.45) is 0 Å². The van der Waals surface area contributed by atoms with Crippen LogP contribution < -0.4 is 5.43 Å². The lowest BCUT2D eigenvalue weighted by molar-refractivity contribution is 0.102. The van der Waals surface area contributed by atoms with Crippen molar-refractivity contribution in [2.45, 2.75) is 179 Å². The molecule has 0 atom stereocenters. The molecule has 1 aliphatic heterocycles. The van der Waals surface area contributed by atoms with E-state index >= 15 is 0 Å². The van der Waals surface area contributed by atoms with Crippen LogP contribution in [0.2, 0.25) is 0 Å². The maximum Gasteiger partial charge on any atom is 0.0243 e.